The number of amides is 2. The topological polar surface area (TPSA) is 94.6 Å². The predicted octanol–water partition coefficient (Wildman–Crippen LogP) is 4.27. The van der Waals surface area contributed by atoms with Crippen LogP contribution in [0.4, 0.5) is 0 Å². The van der Waals surface area contributed by atoms with Crippen molar-refractivity contribution in [2.45, 2.75) is 76.2 Å². The molecule has 3 N–H and O–H groups in total. The van der Waals surface area contributed by atoms with Crippen molar-refractivity contribution in [3.05, 3.63) is 87.4 Å². The van der Waals surface area contributed by atoms with Gasteiger partial charge in [-0.15, -0.1) is 11.3 Å². The molecule has 0 bridgehead atoms. The lowest BCUT2D eigenvalue weighted by molar-refractivity contribution is 0.0730. The van der Waals surface area contributed by atoms with Crippen molar-refractivity contribution < 1.29 is 14.7 Å². The second kappa shape index (κ2) is 11.8. The summed E-state index contributed by atoms with van der Waals surface area (Å²) >= 11 is 1.59. The van der Waals surface area contributed by atoms with E-state index in [9.17, 15) is 14.7 Å². The molecular weight excluding hydrogens is 496 g/mol. The minimum absolute atomic E-state index is 0.0228. The van der Waals surface area contributed by atoms with E-state index in [4.69, 9.17) is 0 Å². The van der Waals surface area contributed by atoms with Gasteiger partial charge < -0.3 is 20.6 Å². The number of hydrogen-bond acceptors (Lipinski definition) is 6. The summed E-state index contributed by atoms with van der Waals surface area (Å²) in [5.41, 5.74) is 2.92. The molecule has 0 radical (unpaired) electrons. The maximum atomic E-state index is 13.5. The van der Waals surface area contributed by atoms with Gasteiger partial charge in [0.15, 0.2) is 0 Å². The first-order valence-corrected chi connectivity index (χ1v) is 14.4. The molecule has 2 aliphatic rings. The number of aliphatic hydroxyl groups excluding tert-OH is 1. The van der Waals surface area contributed by atoms with Crippen LogP contribution in [0.3, 0.4) is 0 Å². The summed E-state index contributed by atoms with van der Waals surface area (Å²) in [5, 5.41) is 20.8. The molecule has 0 saturated carbocycles. The third-order valence-electron chi connectivity index (χ3n) is 7.66. The van der Waals surface area contributed by atoms with Crippen LogP contribution in [0, 0.1) is 6.92 Å². The summed E-state index contributed by atoms with van der Waals surface area (Å²) in [7, 11) is 0. The maximum Gasteiger partial charge on any atom is 0.254 e. The zero-order chi connectivity index (χ0) is 26.6. The Labute approximate surface area is 228 Å². The number of carbonyl (C=O) groups is 2. The van der Waals surface area contributed by atoms with Gasteiger partial charge in [-0.2, -0.15) is 0 Å². The Morgan fingerprint density at radius 3 is 2.63 bits per heavy atom. The first kappa shape index (κ1) is 26.5. The summed E-state index contributed by atoms with van der Waals surface area (Å²) in [6.45, 7) is 4.76. The average molecular weight is 533 g/mol. The maximum absolute atomic E-state index is 13.5. The molecule has 200 valence electrons. The first-order chi connectivity index (χ1) is 18.4. The van der Waals surface area contributed by atoms with Crippen molar-refractivity contribution in [1.82, 2.24) is 20.5 Å². The Hall–Kier alpha value is -3.07. The standard InChI is InChI=1S/C30H36N4O3S/c1-19-13-14-24(31-19)27(35)25(16-21-8-4-3-5-9-21)33-28(36)22-10-6-11-23(17-22)30(37)34-15-7-12-26(34)29-32-20(2)18-38-29/h3-6,8-11,17-19,24-27,31,35H,7,12-16H2,1-2H3,(H,33,36)/t19-,24-,25?,26-,27-/m1/s1. The second-order valence-corrected chi connectivity index (χ2v) is 11.5. The zero-order valence-electron chi connectivity index (χ0n) is 22.0. The number of carbonyl (C=O) groups excluding carboxylic acids is 2. The van der Waals surface area contributed by atoms with Crippen molar-refractivity contribution in [1.29, 1.82) is 0 Å². The van der Waals surface area contributed by atoms with Crippen molar-refractivity contribution in [2.24, 2.45) is 0 Å². The fourth-order valence-electron chi connectivity index (χ4n) is 5.64. The minimum atomic E-state index is -0.735. The molecule has 2 amide bonds. The monoisotopic (exact) mass is 532 g/mol. The Kier molecular flexibility index (Phi) is 8.21. The van der Waals surface area contributed by atoms with E-state index < -0.39 is 12.1 Å². The van der Waals surface area contributed by atoms with Gasteiger partial charge >= 0.3 is 0 Å². The van der Waals surface area contributed by atoms with Crippen LogP contribution < -0.4 is 10.6 Å². The molecule has 2 aromatic carbocycles. The number of likely N-dealkylation sites (tertiary alicyclic amines) is 1. The zero-order valence-corrected chi connectivity index (χ0v) is 22.8. The van der Waals surface area contributed by atoms with Gasteiger partial charge in [0, 0.05) is 40.8 Å². The summed E-state index contributed by atoms with van der Waals surface area (Å²) in [5.74, 6) is -0.376. The minimum Gasteiger partial charge on any atom is -0.389 e. The quantitative estimate of drug-likeness (QED) is 0.403. The van der Waals surface area contributed by atoms with Crippen molar-refractivity contribution in [3.63, 3.8) is 0 Å². The van der Waals surface area contributed by atoms with Crippen molar-refractivity contribution >= 4 is 23.2 Å². The van der Waals surface area contributed by atoms with E-state index in [0.29, 0.717) is 30.1 Å². The largest absolute Gasteiger partial charge is 0.389 e. The van der Waals surface area contributed by atoms with E-state index in [1.807, 2.05) is 47.5 Å². The Balaban J connectivity index is 1.32. The molecule has 0 aliphatic carbocycles. The van der Waals surface area contributed by atoms with Gasteiger partial charge in [-0.1, -0.05) is 36.4 Å². The molecule has 2 aliphatic heterocycles. The lowest BCUT2D eigenvalue weighted by Gasteiger charge is -2.29. The Morgan fingerprint density at radius 1 is 1.13 bits per heavy atom. The molecule has 38 heavy (non-hydrogen) atoms. The molecule has 8 heteroatoms. The lowest BCUT2D eigenvalue weighted by Crippen LogP contribution is -2.52. The number of benzene rings is 2. The summed E-state index contributed by atoms with van der Waals surface area (Å²) in [4.78, 5) is 33.4. The van der Waals surface area contributed by atoms with Crippen molar-refractivity contribution in [3.8, 4) is 0 Å². The highest BCUT2D eigenvalue weighted by molar-refractivity contribution is 7.09. The number of thiazole rings is 1. The van der Waals surface area contributed by atoms with Gasteiger partial charge in [-0.05, 0) is 69.7 Å². The van der Waals surface area contributed by atoms with E-state index in [1.165, 1.54) is 0 Å². The van der Waals surface area contributed by atoms with Gasteiger partial charge in [0.1, 0.15) is 5.01 Å². The highest BCUT2D eigenvalue weighted by Crippen LogP contribution is 2.34. The van der Waals surface area contributed by atoms with Gasteiger partial charge in [-0.25, -0.2) is 4.98 Å². The van der Waals surface area contributed by atoms with Crippen molar-refractivity contribution in [2.75, 3.05) is 6.54 Å². The van der Waals surface area contributed by atoms with Crippen LogP contribution in [-0.4, -0.2) is 57.6 Å². The predicted molar refractivity (Wildman–Crippen MR) is 149 cm³/mol. The molecule has 0 spiro atoms. The highest BCUT2D eigenvalue weighted by Gasteiger charge is 2.34. The summed E-state index contributed by atoms with van der Waals surface area (Å²) < 4.78 is 0. The summed E-state index contributed by atoms with van der Waals surface area (Å²) in [6.07, 6.45) is 3.47. The molecule has 7 nitrogen and oxygen atoms in total. The third kappa shape index (κ3) is 5.98. The average Bonchev–Trinajstić information content (AvgIpc) is 3.69. The first-order valence-electron chi connectivity index (χ1n) is 13.5. The number of aromatic nitrogens is 1. The van der Waals surface area contributed by atoms with Crippen LogP contribution in [0.1, 0.15) is 75.6 Å². The third-order valence-corrected chi connectivity index (χ3v) is 8.72. The molecular formula is C30H36N4O3S. The number of hydrogen-bond donors (Lipinski definition) is 3. The van der Waals surface area contributed by atoms with E-state index in [-0.39, 0.29) is 23.9 Å². The van der Waals surface area contributed by atoms with Crippen LogP contribution in [0.5, 0.6) is 0 Å². The molecule has 5 rings (SSSR count). The van der Waals surface area contributed by atoms with Crippen LogP contribution in [0.2, 0.25) is 0 Å². The van der Waals surface area contributed by atoms with Gasteiger partial charge in [0.25, 0.3) is 11.8 Å². The molecule has 2 saturated heterocycles. The fourth-order valence-corrected chi connectivity index (χ4v) is 6.58. The Bertz CT molecular complexity index is 1260. The molecule has 3 heterocycles. The second-order valence-electron chi connectivity index (χ2n) is 10.6. The lowest BCUT2D eigenvalue weighted by atomic mass is 9.95. The van der Waals surface area contributed by atoms with Gasteiger partial charge in [0.2, 0.25) is 0 Å². The number of aryl methyl sites for hydroxylation is 1. The number of nitrogens with zero attached hydrogens (tertiary/aromatic N) is 2. The molecule has 1 aromatic heterocycles. The number of aliphatic hydroxyl groups is 1. The van der Waals surface area contributed by atoms with Crippen LogP contribution in [0.15, 0.2) is 60.0 Å². The number of nitrogens with one attached hydrogen (secondary N) is 2. The Morgan fingerprint density at radius 2 is 1.92 bits per heavy atom. The smallest absolute Gasteiger partial charge is 0.254 e. The summed E-state index contributed by atoms with van der Waals surface area (Å²) in [6, 6.07) is 16.6. The molecule has 5 atom stereocenters. The van der Waals surface area contributed by atoms with Crippen LogP contribution in [0.25, 0.3) is 0 Å². The van der Waals surface area contributed by atoms with Gasteiger partial charge in [0.05, 0.1) is 18.2 Å². The number of rotatable bonds is 8. The van der Waals surface area contributed by atoms with Crippen LogP contribution >= 0.6 is 11.3 Å². The molecule has 1 unspecified atom stereocenters. The molecule has 3 aromatic rings. The van der Waals surface area contributed by atoms with E-state index in [2.05, 4.69) is 22.5 Å². The molecule has 2 fully saturated rings. The van der Waals surface area contributed by atoms with E-state index >= 15 is 0 Å². The van der Waals surface area contributed by atoms with Gasteiger partial charge in [-0.3, -0.25) is 9.59 Å². The SMILES string of the molecule is Cc1csc([C@H]2CCCN2C(=O)c2cccc(C(=O)NC(Cc3ccccc3)[C@H](O)[C@H]3CC[C@@H](C)N3)c2)n1. The normalized spacial score (nSPS) is 22.8. The van der Waals surface area contributed by atoms with E-state index in [0.717, 1.165) is 41.9 Å². The van der Waals surface area contributed by atoms with Crippen LogP contribution in [-0.2, 0) is 6.42 Å². The fraction of sp³-hybridized carbons (Fsp3) is 0.433. The van der Waals surface area contributed by atoms with E-state index in [1.54, 1.807) is 35.6 Å². The highest BCUT2D eigenvalue weighted by atomic mass is 32.1.